The van der Waals surface area contributed by atoms with Gasteiger partial charge in [-0.3, -0.25) is 4.79 Å². The van der Waals surface area contributed by atoms with Gasteiger partial charge in [-0.05, 0) is 18.7 Å². The predicted octanol–water partition coefficient (Wildman–Crippen LogP) is 2.09. The van der Waals surface area contributed by atoms with Gasteiger partial charge in [-0.25, -0.2) is 9.97 Å². The maximum absolute atomic E-state index is 11.8. The second-order valence-corrected chi connectivity index (χ2v) is 4.75. The number of nitrogens with one attached hydrogen (secondary N) is 2. The highest BCUT2D eigenvalue weighted by Crippen LogP contribution is 2.17. The highest BCUT2D eigenvalue weighted by Gasteiger charge is 2.06. The molecule has 0 aliphatic heterocycles. The van der Waals surface area contributed by atoms with Gasteiger partial charge in [0.05, 0.1) is 11.2 Å². The van der Waals surface area contributed by atoms with Crippen molar-refractivity contribution in [3.63, 3.8) is 0 Å². The van der Waals surface area contributed by atoms with Crippen LogP contribution >= 0.6 is 0 Å². The SMILES string of the molecule is CCNCc1cc(=O)[nH]c(-c2ccc3ccccc3n2)n1. The average molecular weight is 280 g/mol. The molecule has 0 fully saturated rings. The summed E-state index contributed by atoms with van der Waals surface area (Å²) < 4.78 is 0. The largest absolute Gasteiger partial charge is 0.311 e. The Labute approximate surface area is 122 Å². The molecule has 0 unspecified atom stereocenters. The number of benzene rings is 1. The zero-order chi connectivity index (χ0) is 14.7. The molecule has 0 amide bonds. The highest BCUT2D eigenvalue weighted by atomic mass is 16.1. The number of hydrogen-bond acceptors (Lipinski definition) is 4. The van der Waals surface area contributed by atoms with Crippen molar-refractivity contribution in [1.82, 2.24) is 20.3 Å². The molecule has 5 heteroatoms. The minimum absolute atomic E-state index is 0.164. The van der Waals surface area contributed by atoms with Gasteiger partial charge >= 0.3 is 0 Å². The van der Waals surface area contributed by atoms with Gasteiger partial charge in [-0.2, -0.15) is 0 Å². The molecule has 0 saturated heterocycles. The number of pyridine rings is 1. The van der Waals surface area contributed by atoms with E-state index in [9.17, 15) is 4.79 Å². The van der Waals surface area contributed by atoms with E-state index in [2.05, 4.69) is 20.3 Å². The van der Waals surface area contributed by atoms with Crippen molar-refractivity contribution in [2.45, 2.75) is 13.5 Å². The fourth-order valence-corrected chi connectivity index (χ4v) is 2.17. The Morgan fingerprint density at radius 2 is 2.00 bits per heavy atom. The van der Waals surface area contributed by atoms with E-state index < -0.39 is 0 Å². The Morgan fingerprint density at radius 1 is 1.14 bits per heavy atom. The van der Waals surface area contributed by atoms with Crippen LogP contribution in [0.15, 0.2) is 47.3 Å². The maximum Gasteiger partial charge on any atom is 0.251 e. The minimum Gasteiger partial charge on any atom is -0.311 e. The lowest BCUT2D eigenvalue weighted by Gasteiger charge is -2.05. The second-order valence-electron chi connectivity index (χ2n) is 4.75. The molecule has 0 spiro atoms. The Morgan fingerprint density at radius 3 is 2.86 bits per heavy atom. The molecule has 0 atom stereocenters. The normalized spacial score (nSPS) is 10.9. The van der Waals surface area contributed by atoms with Crippen molar-refractivity contribution in [2.24, 2.45) is 0 Å². The van der Waals surface area contributed by atoms with Crippen LogP contribution in [0.4, 0.5) is 0 Å². The number of nitrogens with zero attached hydrogens (tertiary/aromatic N) is 2. The van der Waals surface area contributed by atoms with Crippen molar-refractivity contribution in [2.75, 3.05) is 6.54 Å². The van der Waals surface area contributed by atoms with Gasteiger partial charge in [0.15, 0.2) is 5.82 Å². The summed E-state index contributed by atoms with van der Waals surface area (Å²) >= 11 is 0. The molecule has 2 aromatic heterocycles. The fraction of sp³-hybridized carbons (Fsp3) is 0.188. The van der Waals surface area contributed by atoms with Crippen molar-refractivity contribution < 1.29 is 0 Å². The molecular weight excluding hydrogens is 264 g/mol. The molecule has 0 aliphatic rings. The zero-order valence-corrected chi connectivity index (χ0v) is 11.8. The van der Waals surface area contributed by atoms with Crippen LogP contribution in [0.5, 0.6) is 0 Å². The third kappa shape index (κ3) is 2.98. The topological polar surface area (TPSA) is 70.7 Å². The lowest BCUT2D eigenvalue weighted by molar-refractivity contribution is 0.707. The Kier molecular flexibility index (Phi) is 3.75. The number of fused-ring (bicyclic) bond motifs is 1. The van der Waals surface area contributed by atoms with E-state index in [1.807, 2.05) is 43.3 Å². The first-order valence-corrected chi connectivity index (χ1v) is 6.93. The first-order chi connectivity index (χ1) is 10.3. The van der Waals surface area contributed by atoms with E-state index >= 15 is 0 Å². The highest BCUT2D eigenvalue weighted by molar-refractivity contribution is 5.80. The van der Waals surface area contributed by atoms with Gasteiger partial charge in [-0.1, -0.05) is 31.2 Å². The molecule has 0 saturated carbocycles. The third-order valence-corrected chi connectivity index (χ3v) is 3.19. The lowest BCUT2D eigenvalue weighted by Crippen LogP contribution is -2.17. The second kappa shape index (κ2) is 5.85. The maximum atomic E-state index is 11.8. The number of rotatable bonds is 4. The molecule has 5 nitrogen and oxygen atoms in total. The van der Waals surface area contributed by atoms with E-state index in [-0.39, 0.29) is 5.56 Å². The number of para-hydroxylation sites is 1. The smallest absolute Gasteiger partial charge is 0.251 e. The van der Waals surface area contributed by atoms with Crippen LogP contribution in [0.25, 0.3) is 22.4 Å². The monoisotopic (exact) mass is 280 g/mol. The standard InChI is InChI=1S/C16H16N4O/c1-2-17-10-12-9-15(21)20-16(18-12)14-8-7-11-5-3-4-6-13(11)19-14/h3-9,17H,2,10H2,1H3,(H,18,20,21). The molecule has 0 aliphatic carbocycles. The summed E-state index contributed by atoms with van der Waals surface area (Å²) in [6.07, 6.45) is 0. The number of hydrogen-bond donors (Lipinski definition) is 2. The van der Waals surface area contributed by atoms with Crippen molar-refractivity contribution in [1.29, 1.82) is 0 Å². The quantitative estimate of drug-likeness (QED) is 0.767. The van der Waals surface area contributed by atoms with Gasteiger partial charge in [0.25, 0.3) is 5.56 Å². The summed E-state index contributed by atoms with van der Waals surface area (Å²) in [7, 11) is 0. The number of aromatic amines is 1. The van der Waals surface area contributed by atoms with Crippen LogP contribution in [0.3, 0.4) is 0 Å². The molecule has 0 radical (unpaired) electrons. The molecule has 3 aromatic rings. The van der Waals surface area contributed by atoms with Crippen LogP contribution in [-0.2, 0) is 6.54 Å². The molecule has 106 valence electrons. The Bertz CT molecular complexity index is 826. The molecule has 21 heavy (non-hydrogen) atoms. The van der Waals surface area contributed by atoms with Gasteiger partial charge in [0.2, 0.25) is 0 Å². The molecule has 0 bridgehead atoms. The van der Waals surface area contributed by atoms with Gasteiger partial charge in [0.1, 0.15) is 5.69 Å². The van der Waals surface area contributed by atoms with Crippen LogP contribution in [0.1, 0.15) is 12.6 Å². The fourth-order valence-electron chi connectivity index (χ4n) is 2.17. The van der Waals surface area contributed by atoms with Gasteiger partial charge in [-0.15, -0.1) is 0 Å². The van der Waals surface area contributed by atoms with Crippen molar-refractivity contribution >= 4 is 10.9 Å². The van der Waals surface area contributed by atoms with Gasteiger partial charge in [0, 0.05) is 18.0 Å². The Hall–Kier alpha value is -2.53. The lowest BCUT2D eigenvalue weighted by atomic mass is 10.2. The third-order valence-electron chi connectivity index (χ3n) is 3.19. The van der Waals surface area contributed by atoms with E-state index in [0.29, 0.717) is 23.8 Å². The van der Waals surface area contributed by atoms with Crippen LogP contribution in [-0.4, -0.2) is 21.5 Å². The minimum atomic E-state index is -0.164. The van der Waals surface area contributed by atoms with Crippen LogP contribution < -0.4 is 10.9 Å². The van der Waals surface area contributed by atoms with Crippen LogP contribution in [0, 0.1) is 0 Å². The zero-order valence-electron chi connectivity index (χ0n) is 11.8. The first kappa shape index (κ1) is 13.5. The average Bonchev–Trinajstić information content (AvgIpc) is 2.52. The predicted molar refractivity (Wildman–Crippen MR) is 83.0 cm³/mol. The van der Waals surface area contributed by atoms with E-state index in [0.717, 1.165) is 17.4 Å². The summed E-state index contributed by atoms with van der Waals surface area (Å²) in [5, 5.41) is 4.23. The summed E-state index contributed by atoms with van der Waals surface area (Å²) in [5.74, 6) is 0.501. The Balaban J connectivity index is 2.04. The van der Waals surface area contributed by atoms with Crippen molar-refractivity contribution in [3.05, 3.63) is 58.5 Å². The number of aromatic nitrogens is 3. The summed E-state index contributed by atoms with van der Waals surface area (Å²) in [4.78, 5) is 23.5. The van der Waals surface area contributed by atoms with E-state index in [1.165, 1.54) is 6.07 Å². The first-order valence-electron chi connectivity index (χ1n) is 6.93. The summed E-state index contributed by atoms with van der Waals surface area (Å²) in [5.41, 5.74) is 2.10. The van der Waals surface area contributed by atoms with Gasteiger partial charge < -0.3 is 10.3 Å². The molecule has 2 heterocycles. The summed E-state index contributed by atoms with van der Waals surface area (Å²) in [6, 6.07) is 13.2. The molecular formula is C16H16N4O. The number of H-pyrrole nitrogens is 1. The summed E-state index contributed by atoms with van der Waals surface area (Å²) in [6.45, 7) is 3.41. The molecule has 1 aromatic carbocycles. The van der Waals surface area contributed by atoms with E-state index in [1.54, 1.807) is 0 Å². The molecule has 2 N–H and O–H groups in total. The molecule has 3 rings (SSSR count). The van der Waals surface area contributed by atoms with Crippen molar-refractivity contribution in [3.8, 4) is 11.5 Å². The van der Waals surface area contributed by atoms with Crippen LogP contribution in [0.2, 0.25) is 0 Å². The van der Waals surface area contributed by atoms with E-state index in [4.69, 9.17) is 0 Å².